The molecule has 2 unspecified atom stereocenters. The summed E-state index contributed by atoms with van der Waals surface area (Å²) in [7, 11) is 1.92. The molecule has 0 aliphatic carbocycles. The lowest BCUT2D eigenvalue weighted by molar-refractivity contribution is -0.289. The van der Waals surface area contributed by atoms with Crippen molar-refractivity contribution in [3.63, 3.8) is 0 Å². The van der Waals surface area contributed by atoms with Gasteiger partial charge < -0.3 is 9.47 Å². The molecule has 2 atom stereocenters. The summed E-state index contributed by atoms with van der Waals surface area (Å²) in [6.45, 7) is 9.48. The normalized spacial score (nSPS) is 20.1. The number of rotatable bonds is 8. The van der Waals surface area contributed by atoms with Crippen LogP contribution >= 0.6 is 11.9 Å². The Morgan fingerprint density at radius 2 is 1.94 bits per heavy atom. The summed E-state index contributed by atoms with van der Waals surface area (Å²) in [4.78, 5) is 21.4. The third kappa shape index (κ3) is 6.64. The fourth-order valence-corrected chi connectivity index (χ4v) is 4.29. The summed E-state index contributed by atoms with van der Waals surface area (Å²) in [6.07, 6.45) is 6.45. The molecule has 0 spiro atoms. The molecule has 1 aliphatic rings. The Labute approximate surface area is 206 Å². The number of benzene rings is 1. The predicted molar refractivity (Wildman–Crippen MR) is 136 cm³/mol. The minimum atomic E-state index is -0.796. The zero-order valence-electron chi connectivity index (χ0n) is 21.0. The first-order chi connectivity index (χ1) is 16.0. The summed E-state index contributed by atoms with van der Waals surface area (Å²) in [5.74, 6) is -0.274. The van der Waals surface area contributed by atoms with Gasteiger partial charge in [0.2, 0.25) is 5.95 Å². The maximum atomic E-state index is 13.7. The van der Waals surface area contributed by atoms with E-state index in [1.54, 1.807) is 19.1 Å². The number of nitrogens with zero attached hydrogens (tertiary/aromatic N) is 3. The van der Waals surface area contributed by atoms with E-state index in [0.717, 1.165) is 22.5 Å². The molecule has 8 heteroatoms. The van der Waals surface area contributed by atoms with E-state index in [2.05, 4.69) is 13.8 Å². The van der Waals surface area contributed by atoms with E-state index >= 15 is 0 Å². The van der Waals surface area contributed by atoms with Crippen LogP contribution in [0.5, 0.6) is 0 Å². The molecule has 0 saturated carbocycles. The standard InChI is InChI=1S/C26H34FN3O3S/c1-16(2)23-22(13-12-20-15-21(14-17(3)31)33-26(4,5)32-20)24(18-8-10-19(27)11-9-18)29-25(28-23)30(6)34-7/h8-13,16,20-21H,14-15H2,1-7H3/b13-12+. The van der Waals surface area contributed by atoms with Gasteiger partial charge in [-0.3, -0.25) is 9.10 Å². The number of anilines is 1. The zero-order chi connectivity index (χ0) is 25.0. The van der Waals surface area contributed by atoms with Crippen molar-refractivity contribution in [3.8, 4) is 11.3 Å². The number of aromatic nitrogens is 2. The summed E-state index contributed by atoms with van der Waals surface area (Å²) in [5, 5.41) is 0. The van der Waals surface area contributed by atoms with Crippen molar-refractivity contribution >= 4 is 29.8 Å². The molecule has 1 saturated heterocycles. The maximum absolute atomic E-state index is 13.7. The summed E-state index contributed by atoms with van der Waals surface area (Å²) < 4.78 is 27.6. The summed E-state index contributed by atoms with van der Waals surface area (Å²) >= 11 is 1.52. The molecule has 1 aromatic carbocycles. The first-order valence-corrected chi connectivity index (χ1v) is 12.7. The summed E-state index contributed by atoms with van der Waals surface area (Å²) in [5.41, 5.74) is 3.31. The molecule has 2 aromatic rings. The Bertz CT molecular complexity index is 1040. The highest BCUT2D eigenvalue weighted by Gasteiger charge is 2.35. The van der Waals surface area contributed by atoms with Crippen LogP contribution in [0.2, 0.25) is 0 Å². The number of hydrogen-bond donors (Lipinski definition) is 0. The third-order valence-electron chi connectivity index (χ3n) is 5.56. The van der Waals surface area contributed by atoms with E-state index in [0.29, 0.717) is 18.8 Å². The maximum Gasteiger partial charge on any atom is 0.236 e. The fraction of sp³-hybridized carbons (Fsp3) is 0.500. The molecule has 1 fully saturated rings. The van der Waals surface area contributed by atoms with E-state index in [4.69, 9.17) is 19.4 Å². The molecule has 0 N–H and O–H groups in total. The lowest BCUT2D eigenvalue weighted by atomic mass is 9.96. The first kappa shape index (κ1) is 26.3. The Hall–Kier alpha value is -2.29. The number of halogens is 1. The SMILES string of the molecule is CSN(C)c1nc(-c2ccc(F)cc2)c(/C=C/C2CC(CC(C)=O)OC(C)(C)O2)c(C(C)C)n1. The monoisotopic (exact) mass is 487 g/mol. The van der Waals surface area contributed by atoms with Crippen LogP contribution < -0.4 is 4.31 Å². The van der Waals surface area contributed by atoms with Gasteiger partial charge >= 0.3 is 0 Å². The Balaban J connectivity index is 2.07. The van der Waals surface area contributed by atoms with Gasteiger partial charge in [-0.1, -0.05) is 37.9 Å². The molecule has 6 nitrogen and oxygen atoms in total. The van der Waals surface area contributed by atoms with Crippen molar-refractivity contribution in [1.82, 2.24) is 9.97 Å². The minimum absolute atomic E-state index is 0.0908. The molecule has 2 heterocycles. The van der Waals surface area contributed by atoms with Crippen LogP contribution in [0.25, 0.3) is 17.3 Å². The highest BCUT2D eigenvalue weighted by atomic mass is 32.2. The van der Waals surface area contributed by atoms with Crippen LogP contribution in [0.3, 0.4) is 0 Å². The predicted octanol–water partition coefficient (Wildman–Crippen LogP) is 6.02. The Kier molecular flexibility index (Phi) is 8.49. The number of Topliss-reactive ketones (excluding diaryl/α,β-unsaturated/α-hetero) is 1. The van der Waals surface area contributed by atoms with Crippen LogP contribution in [0, 0.1) is 5.82 Å². The van der Waals surface area contributed by atoms with Gasteiger partial charge in [-0.2, -0.15) is 0 Å². The van der Waals surface area contributed by atoms with E-state index in [1.807, 2.05) is 43.6 Å². The molecule has 34 heavy (non-hydrogen) atoms. The van der Waals surface area contributed by atoms with Gasteiger partial charge in [0, 0.05) is 37.3 Å². The highest BCUT2D eigenvalue weighted by Crippen LogP contribution is 2.34. The largest absolute Gasteiger partial charge is 0.347 e. The number of carbonyl (C=O) groups is 1. The van der Waals surface area contributed by atoms with Gasteiger partial charge in [0.05, 0.1) is 23.6 Å². The van der Waals surface area contributed by atoms with Crippen LogP contribution in [0.4, 0.5) is 10.3 Å². The number of ketones is 1. The first-order valence-electron chi connectivity index (χ1n) is 11.5. The molecule has 0 amide bonds. The van der Waals surface area contributed by atoms with E-state index in [-0.39, 0.29) is 29.7 Å². The van der Waals surface area contributed by atoms with Crippen LogP contribution in [0.1, 0.15) is 64.6 Å². The zero-order valence-corrected chi connectivity index (χ0v) is 21.8. The Morgan fingerprint density at radius 3 is 2.53 bits per heavy atom. The van der Waals surface area contributed by atoms with Crippen molar-refractivity contribution in [2.24, 2.45) is 0 Å². The molecule has 1 aromatic heterocycles. The van der Waals surface area contributed by atoms with E-state index in [1.165, 1.54) is 24.1 Å². The van der Waals surface area contributed by atoms with E-state index < -0.39 is 5.79 Å². The van der Waals surface area contributed by atoms with Crippen LogP contribution in [-0.2, 0) is 14.3 Å². The van der Waals surface area contributed by atoms with Crippen LogP contribution in [0.15, 0.2) is 30.3 Å². The smallest absolute Gasteiger partial charge is 0.236 e. The quantitative estimate of drug-likeness (QED) is 0.422. The molecular formula is C26H34FN3O3S. The fourth-order valence-electron chi connectivity index (χ4n) is 4.05. The Morgan fingerprint density at radius 1 is 1.26 bits per heavy atom. The second-order valence-electron chi connectivity index (χ2n) is 9.31. The van der Waals surface area contributed by atoms with Crippen LogP contribution in [-0.4, -0.2) is 47.0 Å². The topological polar surface area (TPSA) is 64.6 Å². The average molecular weight is 488 g/mol. The molecule has 1 aliphatic heterocycles. The van der Waals surface area contributed by atoms with Gasteiger partial charge in [0.15, 0.2) is 5.79 Å². The number of carbonyl (C=O) groups excluding carboxylic acids is 1. The van der Waals surface area contributed by atoms with Crippen molar-refractivity contribution in [1.29, 1.82) is 0 Å². The van der Waals surface area contributed by atoms with Crippen molar-refractivity contribution in [2.45, 2.75) is 71.4 Å². The highest BCUT2D eigenvalue weighted by molar-refractivity contribution is 7.99. The van der Waals surface area contributed by atoms with Gasteiger partial charge in [0.25, 0.3) is 0 Å². The van der Waals surface area contributed by atoms with Crippen molar-refractivity contribution in [2.75, 3.05) is 17.6 Å². The number of ether oxygens (including phenoxy) is 2. The second kappa shape index (κ2) is 11.0. The average Bonchev–Trinajstić information content (AvgIpc) is 2.75. The second-order valence-corrected chi connectivity index (χ2v) is 10.2. The van der Waals surface area contributed by atoms with Crippen molar-refractivity contribution in [3.05, 3.63) is 47.4 Å². The van der Waals surface area contributed by atoms with Gasteiger partial charge in [-0.25, -0.2) is 14.4 Å². The van der Waals surface area contributed by atoms with Gasteiger partial charge in [-0.05, 0) is 51.0 Å². The number of hydrogen-bond acceptors (Lipinski definition) is 7. The molecule has 3 rings (SSSR count). The lowest BCUT2D eigenvalue weighted by Gasteiger charge is -2.39. The minimum Gasteiger partial charge on any atom is -0.347 e. The molecular weight excluding hydrogens is 453 g/mol. The molecule has 184 valence electrons. The molecule has 0 radical (unpaired) electrons. The van der Waals surface area contributed by atoms with Gasteiger partial charge in [0.1, 0.15) is 11.6 Å². The molecule has 0 bridgehead atoms. The third-order valence-corrected chi connectivity index (χ3v) is 6.27. The summed E-state index contributed by atoms with van der Waals surface area (Å²) in [6, 6.07) is 6.35. The van der Waals surface area contributed by atoms with Crippen molar-refractivity contribution < 1.29 is 18.7 Å². The van der Waals surface area contributed by atoms with Gasteiger partial charge in [-0.15, -0.1) is 0 Å². The lowest BCUT2D eigenvalue weighted by Crippen LogP contribution is -2.44. The van der Waals surface area contributed by atoms with E-state index in [9.17, 15) is 9.18 Å².